The van der Waals surface area contributed by atoms with Gasteiger partial charge in [0.15, 0.2) is 0 Å². The van der Waals surface area contributed by atoms with Gasteiger partial charge in [-0.3, -0.25) is 4.48 Å². The highest BCUT2D eigenvalue weighted by molar-refractivity contribution is 5.42. The van der Waals surface area contributed by atoms with Crippen molar-refractivity contribution in [2.75, 3.05) is 19.6 Å². The molecule has 0 saturated carbocycles. The van der Waals surface area contributed by atoms with Crippen molar-refractivity contribution in [3.8, 4) is 0 Å². The zero-order chi connectivity index (χ0) is 20.3. The molecule has 1 aromatic carbocycles. The second kappa shape index (κ2) is 19.6. The van der Waals surface area contributed by atoms with Crippen LogP contribution in [0.1, 0.15) is 117 Å². The van der Waals surface area contributed by atoms with E-state index in [1.807, 2.05) is 0 Å². The molecule has 1 aromatic rings. The highest BCUT2D eigenvalue weighted by atomic mass is 79.9. The van der Waals surface area contributed by atoms with E-state index in [1.165, 1.54) is 120 Å². The maximum Gasteiger partial charge on any atom is 0.132 e. The first-order valence-corrected chi connectivity index (χ1v) is 12.7. The van der Waals surface area contributed by atoms with Gasteiger partial charge in [-0.1, -0.05) is 96.8 Å². The zero-order valence-corrected chi connectivity index (χ0v) is 21.5. The fourth-order valence-electron chi connectivity index (χ4n) is 4.52. The van der Waals surface area contributed by atoms with E-state index in [2.05, 4.69) is 51.1 Å². The van der Waals surface area contributed by atoms with Crippen molar-refractivity contribution < 1.29 is 17.0 Å². The van der Waals surface area contributed by atoms with E-state index in [-0.39, 0.29) is 17.0 Å². The minimum atomic E-state index is 0. The standard InChI is InChI=1S/C27H50N.BrH/c1-4-7-10-13-19-24-28(25-20-14-11-8-5-2,26-21-15-12-9-6-3)27-22-17-16-18-23-27;/h16-18,22-23H,4-15,19-21,24-26H2,1-3H3;1H/q+1;/p-1. The Kier molecular flexibility index (Phi) is 19.4. The monoisotopic (exact) mass is 467 g/mol. The molecular weight excluding hydrogens is 418 g/mol. The van der Waals surface area contributed by atoms with Crippen molar-refractivity contribution in [1.82, 2.24) is 4.48 Å². The van der Waals surface area contributed by atoms with Crippen LogP contribution in [0.2, 0.25) is 0 Å². The molecule has 0 unspecified atom stereocenters. The second-order valence-electron chi connectivity index (χ2n) is 8.89. The molecule has 0 amide bonds. The lowest BCUT2D eigenvalue weighted by Gasteiger charge is -2.39. The molecule has 0 heterocycles. The highest BCUT2D eigenvalue weighted by Crippen LogP contribution is 2.27. The summed E-state index contributed by atoms with van der Waals surface area (Å²) in [6.07, 6.45) is 20.9. The van der Waals surface area contributed by atoms with E-state index in [0.29, 0.717) is 0 Å². The van der Waals surface area contributed by atoms with Crippen LogP contribution in [0, 0.1) is 0 Å². The summed E-state index contributed by atoms with van der Waals surface area (Å²) in [4.78, 5) is 0. The highest BCUT2D eigenvalue weighted by Gasteiger charge is 2.28. The Morgan fingerprint density at radius 2 is 0.828 bits per heavy atom. The molecule has 0 fully saturated rings. The molecule has 0 N–H and O–H groups in total. The predicted molar refractivity (Wildman–Crippen MR) is 129 cm³/mol. The van der Waals surface area contributed by atoms with Gasteiger partial charge in [0, 0.05) is 0 Å². The fraction of sp³-hybridized carbons (Fsp3) is 0.778. The molecule has 1 nitrogen and oxygen atoms in total. The van der Waals surface area contributed by atoms with E-state index < -0.39 is 0 Å². The van der Waals surface area contributed by atoms with E-state index in [9.17, 15) is 0 Å². The predicted octanol–water partition coefficient (Wildman–Crippen LogP) is 5.91. The minimum Gasteiger partial charge on any atom is -1.00 e. The van der Waals surface area contributed by atoms with Crippen molar-refractivity contribution in [3.05, 3.63) is 30.3 Å². The van der Waals surface area contributed by atoms with Gasteiger partial charge in [-0.25, -0.2) is 0 Å². The first kappa shape index (κ1) is 28.7. The molecule has 0 aliphatic rings. The number of unbranched alkanes of at least 4 members (excludes halogenated alkanes) is 12. The van der Waals surface area contributed by atoms with E-state index >= 15 is 0 Å². The van der Waals surface area contributed by atoms with Crippen LogP contribution in [-0.2, 0) is 0 Å². The fourth-order valence-corrected chi connectivity index (χ4v) is 4.52. The third-order valence-electron chi connectivity index (χ3n) is 6.37. The van der Waals surface area contributed by atoms with Crippen LogP contribution in [0.3, 0.4) is 0 Å². The van der Waals surface area contributed by atoms with Gasteiger partial charge in [-0.2, -0.15) is 0 Å². The summed E-state index contributed by atoms with van der Waals surface area (Å²) < 4.78 is 1.24. The van der Waals surface area contributed by atoms with Crippen LogP contribution in [0.15, 0.2) is 30.3 Å². The van der Waals surface area contributed by atoms with Gasteiger partial charge >= 0.3 is 0 Å². The molecule has 170 valence electrons. The number of hydrogen-bond donors (Lipinski definition) is 0. The van der Waals surface area contributed by atoms with Crippen molar-refractivity contribution >= 4 is 5.69 Å². The number of nitrogens with zero attached hydrogens (tertiary/aromatic N) is 1. The molecule has 0 saturated heterocycles. The van der Waals surface area contributed by atoms with Crippen molar-refractivity contribution in [3.63, 3.8) is 0 Å². The van der Waals surface area contributed by atoms with Gasteiger partial charge in [0.2, 0.25) is 0 Å². The molecule has 0 aromatic heterocycles. The molecule has 0 spiro atoms. The van der Waals surface area contributed by atoms with Crippen molar-refractivity contribution in [1.29, 1.82) is 0 Å². The lowest BCUT2D eigenvalue weighted by molar-refractivity contribution is -0.00000619. The topological polar surface area (TPSA) is 0 Å². The average molecular weight is 469 g/mol. The van der Waals surface area contributed by atoms with Gasteiger partial charge in [0.25, 0.3) is 0 Å². The van der Waals surface area contributed by atoms with Crippen LogP contribution in [-0.4, -0.2) is 19.6 Å². The van der Waals surface area contributed by atoms with Gasteiger partial charge in [-0.15, -0.1) is 0 Å². The van der Waals surface area contributed by atoms with E-state index in [0.717, 1.165) is 0 Å². The molecule has 0 radical (unpaired) electrons. The molecule has 0 aliphatic heterocycles. The number of benzene rings is 1. The number of halogens is 1. The quantitative estimate of drug-likeness (QED) is 0.175. The normalized spacial score (nSPS) is 11.4. The summed E-state index contributed by atoms with van der Waals surface area (Å²) >= 11 is 0. The van der Waals surface area contributed by atoms with Crippen LogP contribution < -0.4 is 21.5 Å². The summed E-state index contributed by atoms with van der Waals surface area (Å²) in [6, 6.07) is 11.5. The smallest absolute Gasteiger partial charge is 0.132 e. The van der Waals surface area contributed by atoms with E-state index in [4.69, 9.17) is 0 Å². The average Bonchev–Trinajstić information content (AvgIpc) is 2.73. The number of quaternary nitrogens is 1. The molecule has 0 aliphatic carbocycles. The van der Waals surface area contributed by atoms with E-state index in [1.54, 1.807) is 5.69 Å². The zero-order valence-electron chi connectivity index (χ0n) is 19.9. The summed E-state index contributed by atoms with van der Waals surface area (Å²) in [5, 5.41) is 0. The summed E-state index contributed by atoms with van der Waals surface area (Å²) in [5.74, 6) is 0. The van der Waals surface area contributed by atoms with Gasteiger partial charge in [0.05, 0.1) is 19.6 Å². The van der Waals surface area contributed by atoms with Gasteiger partial charge < -0.3 is 17.0 Å². The van der Waals surface area contributed by atoms with Gasteiger partial charge in [0.1, 0.15) is 5.69 Å². The second-order valence-corrected chi connectivity index (χ2v) is 8.89. The molecule has 29 heavy (non-hydrogen) atoms. The SMILES string of the molecule is CCCCCCC[N+](CCCCCCC)(CCCCCCC)c1ccccc1.[Br-]. The molecule has 2 heteroatoms. The van der Waals surface area contributed by atoms with Crippen LogP contribution in [0.25, 0.3) is 0 Å². The Morgan fingerprint density at radius 1 is 0.483 bits per heavy atom. The minimum absolute atomic E-state index is 0. The summed E-state index contributed by atoms with van der Waals surface area (Å²) in [6.45, 7) is 11.0. The number of hydrogen-bond acceptors (Lipinski definition) is 0. The van der Waals surface area contributed by atoms with Crippen LogP contribution in [0.4, 0.5) is 5.69 Å². The first-order chi connectivity index (χ1) is 13.8. The lowest BCUT2D eigenvalue weighted by atomic mass is 10.1. The molecule has 0 atom stereocenters. The molecular formula is C27H50BrN. The summed E-state index contributed by atoms with van der Waals surface area (Å²) in [7, 11) is 0. The number of para-hydroxylation sites is 1. The largest absolute Gasteiger partial charge is 1.00 e. The van der Waals surface area contributed by atoms with Crippen molar-refractivity contribution in [2.24, 2.45) is 0 Å². The number of rotatable bonds is 19. The Bertz CT molecular complexity index is 409. The van der Waals surface area contributed by atoms with Crippen LogP contribution >= 0.6 is 0 Å². The molecule has 0 bridgehead atoms. The lowest BCUT2D eigenvalue weighted by Crippen LogP contribution is -3.00. The third-order valence-corrected chi connectivity index (χ3v) is 6.37. The Morgan fingerprint density at radius 3 is 1.17 bits per heavy atom. The summed E-state index contributed by atoms with van der Waals surface area (Å²) in [5.41, 5.74) is 1.57. The molecule has 1 rings (SSSR count). The Hall–Kier alpha value is -0.340. The third kappa shape index (κ3) is 12.8. The van der Waals surface area contributed by atoms with Gasteiger partial charge in [-0.05, 0) is 50.7 Å². The van der Waals surface area contributed by atoms with Crippen LogP contribution in [0.5, 0.6) is 0 Å². The first-order valence-electron chi connectivity index (χ1n) is 12.7. The Balaban J connectivity index is 0.00000784. The Labute approximate surface area is 194 Å². The maximum atomic E-state index is 2.41. The van der Waals surface area contributed by atoms with Crippen molar-refractivity contribution in [2.45, 2.75) is 117 Å². The maximum absolute atomic E-state index is 2.41.